The molecule has 0 aromatic heterocycles. The zero-order valence-electron chi connectivity index (χ0n) is 10.5. The minimum atomic E-state index is -1.11. The van der Waals surface area contributed by atoms with E-state index in [1.54, 1.807) is 16.7 Å². The molecule has 0 bridgehead atoms. The summed E-state index contributed by atoms with van der Waals surface area (Å²) in [6.45, 7) is 1.05. The van der Waals surface area contributed by atoms with Gasteiger partial charge in [0.25, 0.3) is 0 Å². The monoisotopic (exact) mass is 276 g/mol. The molecule has 0 saturated carbocycles. The summed E-state index contributed by atoms with van der Waals surface area (Å²) in [5, 5.41) is 20.7. The highest BCUT2D eigenvalue weighted by molar-refractivity contribution is 7.99. The maximum absolute atomic E-state index is 11.8. The molecule has 104 valence electrons. The number of aliphatic hydroxyl groups is 1. The molecule has 1 aliphatic rings. The minimum Gasteiger partial charge on any atom is -0.480 e. The third kappa shape index (κ3) is 4.38. The summed E-state index contributed by atoms with van der Waals surface area (Å²) in [4.78, 5) is 24.3. The molecular weight excluding hydrogens is 256 g/mol. The number of aliphatic carboxylic acids is 1. The van der Waals surface area contributed by atoms with E-state index < -0.39 is 12.0 Å². The van der Waals surface area contributed by atoms with Crippen molar-refractivity contribution < 1.29 is 19.8 Å². The molecule has 1 atom stereocenters. The molecule has 0 aromatic rings. The molecule has 7 heteroatoms. The van der Waals surface area contributed by atoms with Gasteiger partial charge in [-0.05, 0) is 19.1 Å². The molecular formula is C11H20N2O4S. The number of aliphatic hydroxyl groups excluding tert-OH is 1. The van der Waals surface area contributed by atoms with Gasteiger partial charge in [-0.15, -0.1) is 0 Å². The maximum atomic E-state index is 11.8. The Bertz CT molecular complexity index is 293. The molecule has 1 aliphatic heterocycles. The highest BCUT2D eigenvalue weighted by Gasteiger charge is 2.26. The zero-order chi connectivity index (χ0) is 13.5. The Kier molecular flexibility index (Phi) is 6.28. The van der Waals surface area contributed by atoms with Gasteiger partial charge < -0.3 is 20.4 Å². The number of carbonyl (C=O) groups excluding carboxylic acids is 1. The fraction of sp³-hybridized carbons (Fsp3) is 0.818. The average molecular weight is 276 g/mol. The van der Waals surface area contributed by atoms with E-state index in [-0.39, 0.29) is 19.1 Å². The predicted molar refractivity (Wildman–Crippen MR) is 69.8 cm³/mol. The summed E-state index contributed by atoms with van der Waals surface area (Å²) in [6.07, 6.45) is 3.96. The summed E-state index contributed by atoms with van der Waals surface area (Å²) in [5.41, 5.74) is 0. The van der Waals surface area contributed by atoms with Crippen molar-refractivity contribution in [3.63, 3.8) is 0 Å². The summed E-state index contributed by atoms with van der Waals surface area (Å²) in [5.74, 6) is -1.11. The van der Waals surface area contributed by atoms with Crippen molar-refractivity contribution in [2.24, 2.45) is 0 Å². The number of urea groups is 1. The van der Waals surface area contributed by atoms with E-state index in [9.17, 15) is 9.59 Å². The van der Waals surface area contributed by atoms with E-state index in [0.29, 0.717) is 18.3 Å². The first-order chi connectivity index (χ1) is 8.58. The van der Waals surface area contributed by atoms with Crippen molar-refractivity contribution in [1.29, 1.82) is 0 Å². The van der Waals surface area contributed by atoms with Crippen molar-refractivity contribution in [1.82, 2.24) is 10.2 Å². The zero-order valence-corrected chi connectivity index (χ0v) is 11.3. The second-order valence-corrected chi connectivity index (χ2v) is 5.41. The second kappa shape index (κ2) is 7.48. The number of carboxylic acids is 1. The van der Waals surface area contributed by atoms with Crippen LogP contribution < -0.4 is 5.32 Å². The van der Waals surface area contributed by atoms with E-state index in [1.807, 2.05) is 0 Å². The molecule has 3 N–H and O–H groups in total. The molecule has 2 amide bonds. The number of thioether (sulfide) groups is 1. The Balaban J connectivity index is 2.42. The van der Waals surface area contributed by atoms with Gasteiger partial charge in [-0.1, -0.05) is 0 Å². The Morgan fingerprint density at radius 1 is 1.44 bits per heavy atom. The molecule has 1 saturated heterocycles. The van der Waals surface area contributed by atoms with Crippen LogP contribution in [0.5, 0.6) is 0 Å². The van der Waals surface area contributed by atoms with Crippen LogP contribution in [0.1, 0.15) is 19.3 Å². The first-order valence-corrected chi connectivity index (χ1v) is 7.29. The van der Waals surface area contributed by atoms with Crippen LogP contribution in [0.3, 0.4) is 0 Å². The molecule has 1 rings (SSSR count). The molecule has 18 heavy (non-hydrogen) atoms. The molecule has 6 nitrogen and oxygen atoms in total. The van der Waals surface area contributed by atoms with Gasteiger partial charge in [0.05, 0.1) is 0 Å². The Morgan fingerprint density at radius 2 is 2.06 bits per heavy atom. The van der Waals surface area contributed by atoms with Crippen LogP contribution in [0.15, 0.2) is 0 Å². The number of nitrogens with zero attached hydrogens (tertiary/aromatic N) is 1. The van der Waals surface area contributed by atoms with Crippen LogP contribution in [0.2, 0.25) is 0 Å². The van der Waals surface area contributed by atoms with Gasteiger partial charge in [0.15, 0.2) is 0 Å². The van der Waals surface area contributed by atoms with Crippen molar-refractivity contribution >= 4 is 23.8 Å². The normalized spacial score (nSPS) is 18.4. The van der Waals surface area contributed by atoms with E-state index in [0.717, 1.165) is 12.8 Å². The van der Waals surface area contributed by atoms with Crippen LogP contribution >= 0.6 is 11.8 Å². The lowest BCUT2D eigenvalue weighted by Crippen LogP contribution is -2.50. The molecule has 0 radical (unpaired) electrons. The summed E-state index contributed by atoms with van der Waals surface area (Å²) < 4.78 is 0. The summed E-state index contributed by atoms with van der Waals surface area (Å²) in [7, 11) is 0. The van der Waals surface area contributed by atoms with Gasteiger partial charge in [0.1, 0.15) is 6.04 Å². The number of rotatable bonds is 5. The fourth-order valence-electron chi connectivity index (χ4n) is 1.92. The van der Waals surface area contributed by atoms with Gasteiger partial charge in [0, 0.05) is 31.4 Å². The van der Waals surface area contributed by atoms with Gasteiger partial charge in [-0.2, -0.15) is 11.8 Å². The molecule has 0 spiro atoms. The third-order valence-corrected chi connectivity index (χ3v) is 4.21. The number of likely N-dealkylation sites (tertiary alicyclic amines) is 1. The van der Waals surface area contributed by atoms with Crippen LogP contribution in [0.4, 0.5) is 4.79 Å². The predicted octanol–water partition coefficient (Wildman–Crippen LogP) is 0.359. The van der Waals surface area contributed by atoms with Crippen LogP contribution in [0.25, 0.3) is 0 Å². The Morgan fingerprint density at radius 3 is 2.50 bits per heavy atom. The van der Waals surface area contributed by atoms with Gasteiger partial charge in [-0.25, -0.2) is 9.59 Å². The Hall–Kier alpha value is -0.950. The minimum absolute atomic E-state index is 0.0301. The number of carboxylic acid groups (broad SMARTS) is 1. The van der Waals surface area contributed by atoms with Crippen molar-refractivity contribution in [3.05, 3.63) is 0 Å². The van der Waals surface area contributed by atoms with Gasteiger partial charge in [0.2, 0.25) is 0 Å². The van der Waals surface area contributed by atoms with E-state index >= 15 is 0 Å². The van der Waals surface area contributed by atoms with E-state index in [4.69, 9.17) is 10.2 Å². The molecule has 0 unspecified atom stereocenters. The standard InChI is InChI=1S/C11H20N2O4S/c1-18-8-2-5-13(6-3-8)11(17)12-9(4-7-14)10(15)16/h8-9,14H,2-7H2,1H3,(H,12,17)(H,15,16)/t9-/m1/s1. The van der Waals surface area contributed by atoms with Crippen molar-refractivity contribution in [2.45, 2.75) is 30.6 Å². The topological polar surface area (TPSA) is 89.9 Å². The molecule has 1 fully saturated rings. The lowest BCUT2D eigenvalue weighted by atomic mass is 10.1. The van der Waals surface area contributed by atoms with Crippen LogP contribution in [-0.4, -0.2) is 64.4 Å². The van der Waals surface area contributed by atoms with Crippen molar-refractivity contribution in [3.8, 4) is 0 Å². The maximum Gasteiger partial charge on any atom is 0.326 e. The average Bonchev–Trinajstić information content (AvgIpc) is 2.38. The SMILES string of the molecule is CSC1CCN(C(=O)N[C@H](CCO)C(=O)O)CC1. The number of amides is 2. The first kappa shape index (κ1) is 15.1. The first-order valence-electron chi connectivity index (χ1n) is 6.00. The summed E-state index contributed by atoms with van der Waals surface area (Å²) >= 11 is 1.80. The number of hydrogen-bond donors (Lipinski definition) is 3. The highest BCUT2D eigenvalue weighted by atomic mass is 32.2. The Labute approximate surface area is 111 Å². The number of nitrogens with one attached hydrogen (secondary N) is 1. The van der Waals surface area contributed by atoms with Crippen molar-refractivity contribution in [2.75, 3.05) is 26.0 Å². The van der Waals surface area contributed by atoms with Crippen LogP contribution in [0, 0.1) is 0 Å². The lowest BCUT2D eigenvalue weighted by molar-refractivity contribution is -0.139. The van der Waals surface area contributed by atoms with E-state index in [1.165, 1.54) is 0 Å². The third-order valence-electron chi connectivity index (χ3n) is 3.08. The smallest absolute Gasteiger partial charge is 0.326 e. The summed E-state index contributed by atoms with van der Waals surface area (Å²) in [6, 6.07) is -1.36. The van der Waals surface area contributed by atoms with Gasteiger partial charge in [-0.3, -0.25) is 0 Å². The number of carbonyl (C=O) groups is 2. The lowest BCUT2D eigenvalue weighted by Gasteiger charge is -2.32. The van der Waals surface area contributed by atoms with E-state index in [2.05, 4.69) is 11.6 Å². The quantitative estimate of drug-likeness (QED) is 0.674. The number of hydrogen-bond acceptors (Lipinski definition) is 4. The largest absolute Gasteiger partial charge is 0.480 e. The number of piperidine rings is 1. The highest BCUT2D eigenvalue weighted by Crippen LogP contribution is 2.20. The molecule has 0 aromatic carbocycles. The molecule has 1 heterocycles. The molecule has 0 aliphatic carbocycles. The second-order valence-electron chi connectivity index (χ2n) is 4.27. The fourth-order valence-corrected chi connectivity index (χ4v) is 2.60. The van der Waals surface area contributed by atoms with Crippen LogP contribution in [-0.2, 0) is 4.79 Å². The van der Waals surface area contributed by atoms with Gasteiger partial charge >= 0.3 is 12.0 Å².